The van der Waals surface area contributed by atoms with Gasteiger partial charge in [-0.15, -0.1) is 0 Å². The van der Waals surface area contributed by atoms with Gasteiger partial charge in [-0.3, -0.25) is 9.69 Å². The van der Waals surface area contributed by atoms with Crippen LogP contribution in [0.4, 0.5) is 0 Å². The summed E-state index contributed by atoms with van der Waals surface area (Å²) in [6, 6.07) is 28.8. The molecule has 4 heterocycles. The number of halogens is 1. The lowest BCUT2D eigenvalue weighted by Gasteiger charge is -2.45. The van der Waals surface area contributed by atoms with Crippen molar-refractivity contribution >= 4 is 28.5 Å². The summed E-state index contributed by atoms with van der Waals surface area (Å²) in [4.78, 5) is 23.0. The van der Waals surface area contributed by atoms with Crippen LogP contribution < -0.4 is 0 Å². The van der Waals surface area contributed by atoms with Gasteiger partial charge < -0.3 is 9.47 Å². The van der Waals surface area contributed by atoms with Gasteiger partial charge in [0, 0.05) is 41.8 Å². The van der Waals surface area contributed by atoms with Crippen LogP contribution in [-0.4, -0.2) is 57.0 Å². The van der Waals surface area contributed by atoms with Crippen molar-refractivity contribution in [3.63, 3.8) is 0 Å². The number of hydrogen-bond acceptors (Lipinski definition) is 3. The van der Waals surface area contributed by atoms with Crippen molar-refractivity contribution in [3.05, 3.63) is 101 Å². The number of fused-ring (bicyclic) bond motifs is 3. The number of aryl methyl sites for hydroxylation is 1. The van der Waals surface area contributed by atoms with Crippen LogP contribution in [0.5, 0.6) is 0 Å². The number of likely N-dealkylation sites (tertiary alicyclic amines) is 1. The molecule has 3 saturated heterocycles. The lowest BCUT2D eigenvalue weighted by atomic mass is 9.70. The topological polar surface area (TPSA) is 41.4 Å². The van der Waals surface area contributed by atoms with E-state index in [1.54, 1.807) is 6.07 Å². The van der Waals surface area contributed by atoms with Gasteiger partial charge in [-0.1, -0.05) is 60.1 Å². The summed E-state index contributed by atoms with van der Waals surface area (Å²) in [5.74, 6) is 1.24. The number of amides is 1. The summed E-state index contributed by atoms with van der Waals surface area (Å²) in [6.07, 6.45) is 8.14. The van der Waals surface area contributed by atoms with Gasteiger partial charge in [-0.25, -0.2) is 4.98 Å². The highest BCUT2D eigenvalue weighted by atomic mass is 35.5. The van der Waals surface area contributed by atoms with Crippen LogP contribution >= 0.6 is 11.6 Å². The zero-order valence-electron chi connectivity index (χ0n) is 23.9. The Morgan fingerprint density at radius 2 is 1.61 bits per heavy atom. The third kappa shape index (κ3) is 4.97. The quantitative estimate of drug-likeness (QED) is 0.244. The Bertz CT molecular complexity index is 1530. The molecule has 0 aliphatic carbocycles. The average molecular weight is 567 g/mol. The number of imidazole rings is 1. The van der Waals surface area contributed by atoms with Gasteiger partial charge in [0.05, 0.1) is 11.0 Å². The third-order valence-electron chi connectivity index (χ3n) is 10.3. The molecule has 41 heavy (non-hydrogen) atoms. The maximum atomic E-state index is 13.3. The number of benzene rings is 3. The van der Waals surface area contributed by atoms with Gasteiger partial charge in [0.15, 0.2) is 0 Å². The largest absolute Gasteiger partial charge is 0.339 e. The first-order valence-electron chi connectivity index (χ1n) is 15.3. The standard InChI is InChI=1S/C35H39ClN4O/c1-25-37-32-12-5-6-13-33(32)40(25)31-23-29-14-15-30(24-31)39(29)21-18-35(27-9-3-2-4-10-27)16-19-38(20-17-35)34(41)26-8-7-11-28(36)22-26/h2-13,22,29-31H,14-21,23-24H2,1H3. The normalized spacial score (nSPS) is 24.1. The molecule has 2 unspecified atom stereocenters. The first-order chi connectivity index (χ1) is 20.0. The molecular formula is C35H39ClN4O. The van der Waals surface area contributed by atoms with E-state index in [0.717, 1.165) is 50.2 Å². The minimum Gasteiger partial charge on any atom is -0.339 e. The molecule has 6 heteroatoms. The van der Waals surface area contributed by atoms with Gasteiger partial charge in [-0.2, -0.15) is 0 Å². The van der Waals surface area contributed by atoms with Crippen LogP contribution in [0.3, 0.4) is 0 Å². The summed E-state index contributed by atoms with van der Waals surface area (Å²) < 4.78 is 2.52. The minimum absolute atomic E-state index is 0.0941. The number of aromatic nitrogens is 2. The third-order valence-corrected chi connectivity index (χ3v) is 10.5. The van der Waals surface area contributed by atoms with Gasteiger partial charge in [-0.05, 0) is 99.7 Å². The van der Waals surface area contributed by atoms with E-state index < -0.39 is 0 Å². The highest BCUT2D eigenvalue weighted by Gasteiger charge is 2.44. The zero-order valence-corrected chi connectivity index (χ0v) is 24.6. The lowest BCUT2D eigenvalue weighted by Crippen LogP contribution is -2.49. The van der Waals surface area contributed by atoms with E-state index in [4.69, 9.17) is 16.6 Å². The Balaban J connectivity index is 1.06. The fourth-order valence-electron chi connectivity index (χ4n) is 8.21. The van der Waals surface area contributed by atoms with E-state index in [0.29, 0.717) is 28.7 Å². The molecule has 3 aliphatic heterocycles. The van der Waals surface area contributed by atoms with Gasteiger partial charge in [0.25, 0.3) is 5.91 Å². The monoisotopic (exact) mass is 566 g/mol. The van der Waals surface area contributed by atoms with E-state index in [-0.39, 0.29) is 11.3 Å². The van der Waals surface area contributed by atoms with E-state index in [1.165, 1.54) is 36.8 Å². The van der Waals surface area contributed by atoms with E-state index >= 15 is 0 Å². The van der Waals surface area contributed by atoms with Gasteiger partial charge in [0.1, 0.15) is 5.82 Å². The fourth-order valence-corrected chi connectivity index (χ4v) is 8.40. The van der Waals surface area contributed by atoms with Gasteiger partial charge in [0.2, 0.25) is 0 Å². The molecule has 4 aromatic rings. The average Bonchev–Trinajstić information content (AvgIpc) is 3.46. The minimum atomic E-state index is 0.0941. The van der Waals surface area contributed by atoms with Crippen LogP contribution in [0.2, 0.25) is 5.02 Å². The Morgan fingerprint density at radius 1 is 0.902 bits per heavy atom. The molecule has 3 aliphatic rings. The molecule has 212 valence electrons. The van der Waals surface area contributed by atoms with Crippen LogP contribution in [-0.2, 0) is 5.41 Å². The number of piperidine rings is 2. The lowest BCUT2D eigenvalue weighted by molar-refractivity contribution is 0.0607. The highest BCUT2D eigenvalue weighted by Crippen LogP contribution is 2.45. The second kappa shape index (κ2) is 10.9. The van der Waals surface area contributed by atoms with Crippen molar-refractivity contribution in [1.29, 1.82) is 0 Å². The molecule has 1 aromatic heterocycles. The first-order valence-corrected chi connectivity index (χ1v) is 15.7. The van der Waals surface area contributed by atoms with E-state index in [2.05, 4.69) is 71.0 Å². The Morgan fingerprint density at radius 3 is 2.34 bits per heavy atom. The maximum absolute atomic E-state index is 13.3. The summed E-state index contributed by atoms with van der Waals surface area (Å²) in [6.45, 7) is 4.86. The number of carbonyl (C=O) groups is 1. The van der Waals surface area contributed by atoms with Crippen molar-refractivity contribution in [3.8, 4) is 0 Å². The maximum Gasteiger partial charge on any atom is 0.253 e. The Labute approximate surface area is 248 Å². The molecular weight excluding hydrogens is 528 g/mol. The smallest absolute Gasteiger partial charge is 0.253 e. The van der Waals surface area contributed by atoms with Crippen LogP contribution in [0.1, 0.15) is 72.7 Å². The molecule has 2 atom stereocenters. The molecule has 1 amide bonds. The number of carbonyl (C=O) groups excluding carboxylic acids is 1. The number of nitrogens with zero attached hydrogens (tertiary/aromatic N) is 4. The predicted molar refractivity (Wildman–Crippen MR) is 166 cm³/mol. The molecule has 5 nitrogen and oxygen atoms in total. The van der Waals surface area contributed by atoms with Crippen LogP contribution in [0.25, 0.3) is 11.0 Å². The zero-order chi connectivity index (χ0) is 28.0. The van der Waals surface area contributed by atoms with Crippen molar-refractivity contribution in [1.82, 2.24) is 19.4 Å². The van der Waals surface area contributed by atoms with Crippen molar-refractivity contribution < 1.29 is 4.79 Å². The SMILES string of the molecule is Cc1nc2ccccc2n1C1CC2CCC(C1)N2CCC1(c2ccccc2)CCN(C(=O)c2cccc(Cl)c2)CC1. The number of hydrogen-bond donors (Lipinski definition) is 0. The summed E-state index contributed by atoms with van der Waals surface area (Å²) in [5.41, 5.74) is 4.61. The van der Waals surface area contributed by atoms with Crippen LogP contribution in [0, 0.1) is 6.92 Å². The summed E-state index contributed by atoms with van der Waals surface area (Å²) >= 11 is 6.19. The van der Waals surface area contributed by atoms with Crippen molar-refractivity contribution in [2.45, 2.75) is 75.4 Å². The van der Waals surface area contributed by atoms with Gasteiger partial charge >= 0.3 is 0 Å². The summed E-state index contributed by atoms with van der Waals surface area (Å²) in [5, 5.41) is 0.612. The number of rotatable bonds is 6. The molecule has 2 bridgehead atoms. The first kappa shape index (κ1) is 26.7. The summed E-state index contributed by atoms with van der Waals surface area (Å²) in [7, 11) is 0. The molecule has 0 radical (unpaired) electrons. The fraction of sp³-hybridized carbons (Fsp3) is 0.429. The molecule has 0 N–H and O–H groups in total. The van der Waals surface area contributed by atoms with Crippen LogP contribution in [0.15, 0.2) is 78.9 Å². The molecule has 0 spiro atoms. The number of para-hydroxylation sites is 2. The molecule has 7 rings (SSSR count). The van der Waals surface area contributed by atoms with E-state index in [1.807, 2.05) is 23.1 Å². The second-order valence-electron chi connectivity index (χ2n) is 12.5. The van der Waals surface area contributed by atoms with Crippen molar-refractivity contribution in [2.75, 3.05) is 19.6 Å². The Kier molecular flexibility index (Phi) is 7.12. The van der Waals surface area contributed by atoms with Crippen molar-refractivity contribution in [2.24, 2.45) is 0 Å². The molecule has 3 fully saturated rings. The molecule has 3 aromatic carbocycles. The second-order valence-corrected chi connectivity index (χ2v) is 12.9. The molecule has 0 saturated carbocycles. The predicted octanol–water partition coefficient (Wildman–Crippen LogP) is 7.43. The van der Waals surface area contributed by atoms with E-state index in [9.17, 15) is 4.79 Å². The highest BCUT2D eigenvalue weighted by molar-refractivity contribution is 6.30. The Hall–Kier alpha value is -3.15.